The Bertz CT molecular complexity index is 368. The van der Waals surface area contributed by atoms with Gasteiger partial charge in [0.05, 0.1) is 4.92 Å². The van der Waals surface area contributed by atoms with E-state index in [4.69, 9.17) is 0 Å². The van der Waals surface area contributed by atoms with Crippen molar-refractivity contribution in [2.75, 3.05) is 5.32 Å². The first-order valence-electron chi connectivity index (χ1n) is 4.75. The molecule has 0 unspecified atom stereocenters. The molecule has 1 atom stereocenters. The van der Waals surface area contributed by atoms with Gasteiger partial charge in [-0.25, -0.2) is 0 Å². The molecule has 5 heteroatoms. The van der Waals surface area contributed by atoms with Crippen LogP contribution in [0.25, 0.3) is 0 Å². The van der Waals surface area contributed by atoms with Crippen molar-refractivity contribution in [3.05, 3.63) is 32.8 Å². The first kappa shape index (κ1) is 12.0. The van der Waals surface area contributed by atoms with Gasteiger partial charge in [0.25, 0.3) is 5.69 Å². The lowest BCUT2D eigenvalue weighted by Gasteiger charge is -2.12. The minimum Gasteiger partial charge on any atom is -0.377 e. The number of nitrogens with one attached hydrogen (secondary N) is 1. The van der Waals surface area contributed by atoms with Gasteiger partial charge in [-0.2, -0.15) is 0 Å². The summed E-state index contributed by atoms with van der Waals surface area (Å²) in [5.41, 5.74) is 0.669. The maximum atomic E-state index is 10.8. The summed E-state index contributed by atoms with van der Waals surface area (Å²) in [5.74, 6) is 0. The van der Waals surface area contributed by atoms with Gasteiger partial charge in [0.1, 0.15) is 5.69 Å². The number of nitro benzene ring substituents is 1. The lowest BCUT2D eigenvalue weighted by Crippen LogP contribution is -2.14. The highest BCUT2D eigenvalue weighted by Crippen LogP contribution is 2.28. The fourth-order valence-electron chi connectivity index (χ4n) is 1.15. The van der Waals surface area contributed by atoms with Gasteiger partial charge < -0.3 is 5.32 Å². The summed E-state index contributed by atoms with van der Waals surface area (Å²) in [6, 6.07) is 5.24. The Balaban J connectivity index is 3.01. The third-order valence-corrected chi connectivity index (χ3v) is 2.66. The molecule has 4 nitrogen and oxygen atoms in total. The second-order valence-electron chi connectivity index (χ2n) is 3.37. The quantitative estimate of drug-likeness (QED) is 0.674. The van der Waals surface area contributed by atoms with Gasteiger partial charge in [0, 0.05) is 16.6 Å². The molecule has 0 heterocycles. The van der Waals surface area contributed by atoms with E-state index in [9.17, 15) is 10.1 Å². The van der Waals surface area contributed by atoms with E-state index in [1.165, 1.54) is 6.07 Å². The number of nitro groups is 1. The fourth-order valence-corrected chi connectivity index (χ4v) is 1.49. The molecule has 1 aromatic rings. The maximum Gasteiger partial charge on any atom is 0.293 e. The van der Waals surface area contributed by atoms with Gasteiger partial charge >= 0.3 is 0 Å². The molecule has 0 aromatic heterocycles. The van der Waals surface area contributed by atoms with Gasteiger partial charge in [0.15, 0.2) is 0 Å². The number of anilines is 1. The van der Waals surface area contributed by atoms with Crippen LogP contribution in [0.1, 0.15) is 20.3 Å². The molecule has 0 aliphatic carbocycles. The number of hydrogen-bond acceptors (Lipinski definition) is 3. The SMILES string of the molecule is CC[C@@H](C)Nc1ccc(Br)cc1[N+](=O)[O-]. The standard InChI is InChI=1S/C10H13BrN2O2/c1-3-7(2)12-9-5-4-8(11)6-10(9)13(14)15/h4-7,12H,3H2,1-2H3/t7-/m1/s1. The van der Waals surface area contributed by atoms with Crippen LogP contribution in [-0.4, -0.2) is 11.0 Å². The van der Waals surface area contributed by atoms with Crippen molar-refractivity contribution in [3.63, 3.8) is 0 Å². The van der Waals surface area contributed by atoms with Gasteiger partial charge in [-0.05, 0) is 25.5 Å². The second kappa shape index (κ2) is 5.11. The molecular weight excluding hydrogens is 260 g/mol. The fraction of sp³-hybridized carbons (Fsp3) is 0.400. The first-order valence-corrected chi connectivity index (χ1v) is 5.54. The average molecular weight is 273 g/mol. The smallest absolute Gasteiger partial charge is 0.293 e. The lowest BCUT2D eigenvalue weighted by molar-refractivity contribution is -0.384. The lowest BCUT2D eigenvalue weighted by atomic mass is 10.2. The van der Waals surface area contributed by atoms with Crippen LogP contribution in [0.3, 0.4) is 0 Å². The Hall–Kier alpha value is -1.10. The summed E-state index contributed by atoms with van der Waals surface area (Å²) < 4.78 is 0.712. The Morgan fingerprint density at radius 3 is 2.80 bits per heavy atom. The van der Waals surface area contributed by atoms with Crippen LogP contribution in [0, 0.1) is 10.1 Å². The minimum absolute atomic E-state index is 0.102. The predicted octanol–water partition coefficient (Wildman–Crippen LogP) is 3.57. The third-order valence-electron chi connectivity index (χ3n) is 2.17. The Morgan fingerprint density at radius 2 is 2.27 bits per heavy atom. The Morgan fingerprint density at radius 1 is 1.60 bits per heavy atom. The van der Waals surface area contributed by atoms with Gasteiger partial charge in [-0.3, -0.25) is 10.1 Å². The highest BCUT2D eigenvalue weighted by Gasteiger charge is 2.14. The van der Waals surface area contributed by atoms with E-state index in [-0.39, 0.29) is 16.7 Å². The molecule has 0 saturated carbocycles. The van der Waals surface area contributed by atoms with Crippen LogP contribution >= 0.6 is 15.9 Å². The molecule has 0 amide bonds. The molecule has 0 saturated heterocycles. The second-order valence-corrected chi connectivity index (χ2v) is 4.29. The highest BCUT2D eigenvalue weighted by molar-refractivity contribution is 9.10. The van der Waals surface area contributed by atoms with Crippen molar-refractivity contribution in [1.29, 1.82) is 0 Å². The van der Waals surface area contributed by atoms with E-state index in [2.05, 4.69) is 21.2 Å². The Labute approximate surface area is 97.0 Å². The van der Waals surface area contributed by atoms with Crippen molar-refractivity contribution in [3.8, 4) is 0 Å². The van der Waals surface area contributed by atoms with Crippen LogP contribution in [-0.2, 0) is 0 Å². The molecule has 0 bridgehead atoms. The van der Waals surface area contributed by atoms with Gasteiger partial charge in [-0.15, -0.1) is 0 Å². The van der Waals surface area contributed by atoms with Crippen molar-refractivity contribution in [2.24, 2.45) is 0 Å². The molecule has 1 rings (SSSR count). The summed E-state index contributed by atoms with van der Waals surface area (Å²) in [6.45, 7) is 4.02. The summed E-state index contributed by atoms with van der Waals surface area (Å²) in [7, 11) is 0. The monoisotopic (exact) mass is 272 g/mol. The normalized spacial score (nSPS) is 12.2. The van der Waals surface area contributed by atoms with Crippen molar-refractivity contribution in [1.82, 2.24) is 0 Å². The molecule has 82 valence electrons. The number of nitrogens with zero attached hydrogens (tertiary/aromatic N) is 1. The molecule has 15 heavy (non-hydrogen) atoms. The van der Waals surface area contributed by atoms with E-state index in [1.54, 1.807) is 12.1 Å². The van der Waals surface area contributed by atoms with Gasteiger partial charge in [0.2, 0.25) is 0 Å². The zero-order valence-electron chi connectivity index (χ0n) is 8.66. The molecule has 1 N–H and O–H groups in total. The summed E-state index contributed by atoms with van der Waals surface area (Å²) in [5, 5.41) is 13.9. The summed E-state index contributed by atoms with van der Waals surface area (Å²) in [4.78, 5) is 10.4. The number of hydrogen-bond donors (Lipinski definition) is 1. The van der Waals surface area contributed by atoms with Gasteiger partial charge in [-0.1, -0.05) is 22.9 Å². The third kappa shape index (κ3) is 3.20. The van der Waals surface area contributed by atoms with E-state index in [1.807, 2.05) is 13.8 Å². The summed E-state index contributed by atoms with van der Waals surface area (Å²) >= 11 is 3.22. The Kier molecular flexibility index (Phi) is 4.08. The van der Waals surface area contributed by atoms with E-state index in [0.717, 1.165) is 6.42 Å². The van der Waals surface area contributed by atoms with E-state index >= 15 is 0 Å². The van der Waals surface area contributed by atoms with Crippen LogP contribution in [0.5, 0.6) is 0 Å². The van der Waals surface area contributed by atoms with Crippen molar-refractivity contribution < 1.29 is 4.92 Å². The van der Waals surface area contributed by atoms with E-state index < -0.39 is 0 Å². The molecule has 1 aromatic carbocycles. The first-order chi connectivity index (χ1) is 7.04. The molecule has 0 aliphatic rings. The number of rotatable bonds is 4. The summed E-state index contributed by atoms with van der Waals surface area (Å²) in [6.07, 6.45) is 0.924. The molecule has 0 radical (unpaired) electrons. The predicted molar refractivity (Wildman–Crippen MR) is 64.2 cm³/mol. The minimum atomic E-state index is -0.379. The number of benzene rings is 1. The average Bonchev–Trinajstić information content (AvgIpc) is 2.20. The van der Waals surface area contributed by atoms with E-state index in [0.29, 0.717) is 10.2 Å². The van der Waals surface area contributed by atoms with Crippen molar-refractivity contribution in [2.45, 2.75) is 26.3 Å². The molecule has 0 fully saturated rings. The zero-order valence-corrected chi connectivity index (χ0v) is 10.2. The molecule has 0 spiro atoms. The van der Waals surface area contributed by atoms with Crippen molar-refractivity contribution >= 4 is 27.3 Å². The zero-order chi connectivity index (χ0) is 11.4. The highest BCUT2D eigenvalue weighted by atomic mass is 79.9. The van der Waals surface area contributed by atoms with Crippen LogP contribution in [0.4, 0.5) is 11.4 Å². The molecular formula is C10H13BrN2O2. The topological polar surface area (TPSA) is 55.2 Å². The van der Waals surface area contributed by atoms with Crippen LogP contribution in [0.15, 0.2) is 22.7 Å². The van der Waals surface area contributed by atoms with Crippen LogP contribution in [0.2, 0.25) is 0 Å². The maximum absolute atomic E-state index is 10.8. The molecule has 0 aliphatic heterocycles. The van der Waals surface area contributed by atoms with Crippen LogP contribution < -0.4 is 5.32 Å². The number of halogens is 1. The largest absolute Gasteiger partial charge is 0.377 e.